The monoisotopic (exact) mass is 325 g/mol. The Bertz CT molecular complexity index is 855. The van der Waals surface area contributed by atoms with Gasteiger partial charge < -0.3 is 4.90 Å². The zero-order valence-corrected chi connectivity index (χ0v) is 13.7. The number of hydrogen-bond donors (Lipinski definition) is 0. The van der Waals surface area contributed by atoms with Gasteiger partial charge >= 0.3 is 0 Å². The highest BCUT2D eigenvalue weighted by Gasteiger charge is 2.31. The lowest BCUT2D eigenvalue weighted by molar-refractivity contribution is 0.624. The molecule has 0 saturated heterocycles. The second-order valence-corrected chi connectivity index (χ2v) is 6.24. The van der Waals surface area contributed by atoms with Crippen LogP contribution in [0.15, 0.2) is 36.7 Å². The normalized spacial score (nSPS) is 14.2. The topological polar surface area (TPSA) is 46.3 Å². The number of rotatable bonds is 6. The zero-order chi connectivity index (χ0) is 16.5. The predicted molar refractivity (Wildman–Crippen MR) is 90.6 cm³/mol. The van der Waals surface area contributed by atoms with Crippen LogP contribution in [0, 0.1) is 5.82 Å². The maximum atomic E-state index is 13.4. The van der Waals surface area contributed by atoms with Crippen LogP contribution in [-0.2, 0) is 12.8 Å². The summed E-state index contributed by atoms with van der Waals surface area (Å²) in [5.74, 6) is 1.50. The Morgan fingerprint density at radius 2 is 2.17 bits per heavy atom. The fourth-order valence-electron chi connectivity index (χ4n) is 3.04. The van der Waals surface area contributed by atoms with Crippen LogP contribution in [0.4, 0.5) is 10.2 Å². The van der Waals surface area contributed by atoms with Crippen molar-refractivity contribution in [2.24, 2.45) is 0 Å². The summed E-state index contributed by atoms with van der Waals surface area (Å²) >= 11 is 0. The summed E-state index contributed by atoms with van der Waals surface area (Å²) in [7, 11) is 0. The van der Waals surface area contributed by atoms with Crippen molar-refractivity contribution in [1.82, 2.24) is 19.6 Å². The number of nitrogens with zero attached hydrogens (tertiary/aromatic N) is 5. The van der Waals surface area contributed by atoms with E-state index in [9.17, 15) is 4.39 Å². The standard InChI is InChI=1S/C18H20FN5/c1-2-15-11-17(24-18(22-15)20-12-21-24)23(16-6-7-16)9-8-13-4-3-5-14(19)10-13/h3-5,10-12,16H,2,6-9H2,1H3. The molecule has 1 aliphatic rings. The Kier molecular flexibility index (Phi) is 3.88. The van der Waals surface area contributed by atoms with Crippen LogP contribution in [0.25, 0.3) is 5.78 Å². The van der Waals surface area contributed by atoms with Gasteiger partial charge in [0.2, 0.25) is 0 Å². The minimum absolute atomic E-state index is 0.179. The first kappa shape index (κ1) is 15.1. The molecule has 3 aromatic rings. The quantitative estimate of drug-likeness (QED) is 0.699. The van der Waals surface area contributed by atoms with Crippen LogP contribution in [-0.4, -0.2) is 32.2 Å². The van der Waals surface area contributed by atoms with Crippen molar-refractivity contribution < 1.29 is 4.39 Å². The third kappa shape index (κ3) is 2.96. The van der Waals surface area contributed by atoms with Gasteiger partial charge in [-0.1, -0.05) is 19.1 Å². The maximum absolute atomic E-state index is 13.4. The molecule has 2 heterocycles. The van der Waals surface area contributed by atoms with Gasteiger partial charge in [-0.2, -0.15) is 14.6 Å². The molecule has 0 atom stereocenters. The smallest absolute Gasteiger partial charge is 0.254 e. The average molecular weight is 325 g/mol. The number of benzene rings is 1. The van der Waals surface area contributed by atoms with Gasteiger partial charge in [0.05, 0.1) is 0 Å². The lowest BCUT2D eigenvalue weighted by atomic mass is 10.1. The summed E-state index contributed by atoms with van der Waals surface area (Å²) in [4.78, 5) is 11.1. The van der Waals surface area contributed by atoms with Gasteiger partial charge in [0.1, 0.15) is 18.0 Å². The highest BCUT2D eigenvalue weighted by molar-refractivity contribution is 5.49. The minimum atomic E-state index is -0.179. The molecule has 0 aliphatic heterocycles. The van der Waals surface area contributed by atoms with E-state index in [2.05, 4.69) is 33.0 Å². The van der Waals surface area contributed by atoms with Crippen molar-refractivity contribution >= 4 is 11.6 Å². The summed E-state index contributed by atoms with van der Waals surface area (Å²) in [6.07, 6.45) is 5.57. The summed E-state index contributed by atoms with van der Waals surface area (Å²) in [5.41, 5.74) is 2.03. The van der Waals surface area contributed by atoms with Crippen molar-refractivity contribution in [3.05, 3.63) is 53.7 Å². The highest BCUT2D eigenvalue weighted by Crippen LogP contribution is 2.32. The molecule has 0 unspecified atom stereocenters. The van der Waals surface area contributed by atoms with E-state index in [1.165, 1.54) is 18.9 Å². The van der Waals surface area contributed by atoms with Gasteiger partial charge in [-0.15, -0.1) is 0 Å². The molecule has 0 spiro atoms. The number of fused-ring (bicyclic) bond motifs is 1. The maximum Gasteiger partial charge on any atom is 0.254 e. The Balaban J connectivity index is 1.65. The fraction of sp³-hybridized carbons (Fsp3) is 0.389. The molecule has 4 rings (SSSR count). The first-order valence-electron chi connectivity index (χ1n) is 8.45. The third-order valence-corrected chi connectivity index (χ3v) is 4.46. The van der Waals surface area contributed by atoms with Crippen LogP contribution in [0.3, 0.4) is 0 Å². The van der Waals surface area contributed by atoms with Gasteiger partial charge in [-0.3, -0.25) is 0 Å². The molecular weight excluding hydrogens is 305 g/mol. The number of aromatic nitrogens is 4. The van der Waals surface area contributed by atoms with Crippen LogP contribution >= 0.6 is 0 Å². The molecule has 2 aromatic heterocycles. The number of anilines is 1. The Hall–Kier alpha value is -2.50. The molecule has 0 radical (unpaired) electrons. The second-order valence-electron chi connectivity index (χ2n) is 6.24. The molecule has 24 heavy (non-hydrogen) atoms. The van der Waals surface area contributed by atoms with Gasteiger partial charge in [0.15, 0.2) is 0 Å². The van der Waals surface area contributed by atoms with E-state index < -0.39 is 0 Å². The molecule has 6 heteroatoms. The molecule has 0 N–H and O–H groups in total. The predicted octanol–water partition coefficient (Wildman–Crippen LogP) is 3.04. The molecule has 1 aromatic carbocycles. The molecule has 5 nitrogen and oxygen atoms in total. The fourth-order valence-corrected chi connectivity index (χ4v) is 3.04. The van der Waals surface area contributed by atoms with Crippen LogP contribution in [0.5, 0.6) is 0 Å². The first-order chi connectivity index (χ1) is 11.7. The van der Waals surface area contributed by atoms with Crippen molar-refractivity contribution in [3.8, 4) is 0 Å². The van der Waals surface area contributed by atoms with E-state index >= 15 is 0 Å². The van der Waals surface area contributed by atoms with E-state index in [-0.39, 0.29) is 5.82 Å². The SMILES string of the molecule is CCc1cc(N(CCc2cccc(F)c2)C2CC2)n2ncnc2n1. The van der Waals surface area contributed by atoms with E-state index in [1.54, 1.807) is 18.5 Å². The van der Waals surface area contributed by atoms with E-state index in [1.807, 2.05) is 10.6 Å². The van der Waals surface area contributed by atoms with Crippen molar-refractivity contribution in [2.75, 3.05) is 11.4 Å². The molecule has 124 valence electrons. The van der Waals surface area contributed by atoms with Crippen LogP contribution in [0.1, 0.15) is 31.0 Å². The number of halogens is 1. The van der Waals surface area contributed by atoms with Crippen molar-refractivity contribution in [2.45, 2.75) is 38.6 Å². The molecule has 0 bridgehead atoms. The van der Waals surface area contributed by atoms with Gasteiger partial charge in [-0.05, 0) is 43.4 Å². The molecule has 1 fully saturated rings. The largest absolute Gasteiger partial charge is 0.353 e. The Morgan fingerprint density at radius 3 is 2.92 bits per heavy atom. The molecule has 0 amide bonds. The Labute approximate surface area is 140 Å². The van der Waals surface area contributed by atoms with Crippen molar-refractivity contribution in [1.29, 1.82) is 0 Å². The van der Waals surface area contributed by atoms with E-state index in [0.29, 0.717) is 11.8 Å². The van der Waals surface area contributed by atoms with E-state index in [0.717, 1.165) is 36.5 Å². The third-order valence-electron chi connectivity index (χ3n) is 4.46. The lowest BCUT2D eigenvalue weighted by Gasteiger charge is -2.25. The van der Waals surface area contributed by atoms with Crippen LogP contribution in [0.2, 0.25) is 0 Å². The summed E-state index contributed by atoms with van der Waals surface area (Å²) in [6, 6.07) is 9.47. The average Bonchev–Trinajstić information content (AvgIpc) is 3.31. The number of hydrogen-bond acceptors (Lipinski definition) is 4. The lowest BCUT2D eigenvalue weighted by Crippen LogP contribution is -2.30. The summed E-state index contributed by atoms with van der Waals surface area (Å²) in [6.45, 7) is 2.92. The first-order valence-corrected chi connectivity index (χ1v) is 8.45. The molecule has 1 aliphatic carbocycles. The zero-order valence-electron chi connectivity index (χ0n) is 13.7. The summed E-state index contributed by atoms with van der Waals surface area (Å²) < 4.78 is 15.2. The molecular formula is C18H20FN5. The summed E-state index contributed by atoms with van der Waals surface area (Å²) in [5, 5.41) is 4.34. The van der Waals surface area contributed by atoms with Gasteiger partial charge in [0, 0.05) is 24.3 Å². The highest BCUT2D eigenvalue weighted by atomic mass is 19.1. The van der Waals surface area contributed by atoms with E-state index in [4.69, 9.17) is 0 Å². The second kappa shape index (κ2) is 6.19. The number of aryl methyl sites for hydroxylation is 1. The molecule has 1 saturated carbocycles. The minimum Gasteiger partial charge on any atom is -0.353 e. The van der Waals surface area contributed by atoms with Crippen LogP contribution < -0.4 is 4.90 Å². The van der Waals surface area contributed by atoms with Gasteiger partial charge in [-0.25, -0.2) is 9.37 Å². The Morgan fingerprint density at radius 1 is 1.29 bits per heavy atom. The van der Waals surface area contributed by atoms with Crippen molar-refractivity contribution in [3.63, 3.8) is 0 Å². The van der Waals surface area contributed by atoms with Gasteiger partial charge in [0.25, 0.3) is 5.78 Å².